The summed E-state index contributed by atoms with van der Waals surface area (Å²) >= 11 is 1.69. The van der Waals surface area contributed by atoms with Gasteiger partial charge in [0.25, 0.3) is 0 Å². The van der Waals surface area contributed by atoms with Crippen LogP contribution in [0.4, 0.5) is 0 Å². The lowest BCUT2D eigenvalue weighted by Crippen LogP contribution is -1.83. The highest BCUT2D eigenvalue weighted by atomic mass is 32.1. The Bertz CT molecular complexity index is 203. The van der Waals surface area contributed by atoms with E-state index in [0.717, 1.165) is 11.3 Å². The van der Waals surface area contributed by atoms with Gasteiger partial charge in [0.2, 0.25) is 0 Å². The Morgan fingerprint density at radius 1 is 1.60 bits per heavy atom. The van der Waals surface area contributed by atoms with E-state index in [1.807, 2.05) is 6.07 Å². The lowest BCUT2D eigenvalue weighted by Gasteiger charge is -1.96. The lowest BCUT2D eigenvalue weighted by molar-refractivity contribution is 0.203. The van der Waals surface area contributed by atoms with Crippen LogP contribution >= 0.6 is 11.3 Å². The average Bonchev–Trinajstić information content (AvgIpc) is 2.34. The van der Waals surface area contributed by atoms with Gasteiger partial charge in [0, 0.05) is 9.75 Å². The van der Waals surface area contributed by atoms with Crippen LogP contribution in [0.15, 0.2) is 12.1 Å². The summed E-state index contributed by atoms with van der Waals surface area (Å²) in [5.74, 6) is 0. The summed E-state index contributed by atoms with van der Waals surface area (Å²) in [6, 6.07) is 4.07. The maximum Gasteiger partial charge on any atom is 0.0854 e. The number of thiophene rings is 1. The van der Waals surface area contributed by atoms with Crippen LogP contribution < -0.4 is 0 Å². The van der Waals surface area contributed by atoms with Crippen LogP contribution in [-0.4, -0.2) is 5.11 Å². The summed E-state index contributed by atoms with van der Waals surface area (Å²) in [4.78, 5) is 2.41. The van der Waals surface area contributed by atoms with Gasteiger partial charge < -0.3 is 5.11 Å². The summed E-state index contributed by atoms with van der Waals surface area (Å²) in [6.45, 7) is 3.92. The molecule has 10 heavy (non-hydrogen) atoms. The molecule has 0 bridgehead atoms. The zero-order valence-corrected chi connectivity index (χ0v) is 7.11. The first-order chi connectivity index (χ1) is 4.74. The molecule has 56 valence electrons. The Labute approximate surface area is 65.3 Å². The van der Waals surface area contributed by atoms with Gasteiger partial charge in [0.05, 0.1) is 6.10 Å². The predicted octanol–water partition coefficient (Wildman–Crippen LogP) is 2.36. The standard InChI is InChI=1S/C8H12OS/c1-3-7-4-5-8(10-7)6(2)9/h4-6,9H,3H2,1-2H3/t6-/m0/s1. The summed E-state index contributed by atoms with van der Waals surface area (Å²) in [5, 5.41) is 9.14. The average molecular weight is 156 g/mol. The molecular weight excluding hydrogens is 144 g/mol. The molecule has 0 aliphatic carbocycles. The molecule has 1 aromatic heterocycles. The van der Waals surface area contributed by atoms with Crippen LogP contribution in [0.5, 0.6) is 0 Å². The molecule has 0 amide bonds. The molecule has 0 unspecified atom stereocenters. The minimum atomic E-state index is -0.301. The Hall–Kier alpha value is -0.340. The van der Waals surface area contributed by atoms with Crippen molar-refractivity contribution in [2.45, 2.75) is 26.4 Å². The van der Waals surface area contributed by atoms with Crippen molar-refractivity contribution in [2.75, 3.05) is 0 Å². The quantitative estimate of drug-likeness (QED) is 0.697. The summed E-state index contributed by atoms with van der Waals surface area (Å²) in [7, 11) is 0. The van der Waals surface area contributed by atoms with Gasteiger partial charge in [-0.15, -0.1) is 11.3 Å². The van der Waals surface area contributed by atoms with Gasteiger partial charge in [0.1, 0.15) is 0 Å². The fraction of sp³-hybridized carbons (Fsp3) is 0.500. The van der Waals surface area contributed by atoms with Crippen molar-refractivity contribution in [1.82, 2.24) is 0 Å². The van der Waals surface area contributed by atoms with Gasteiger partial charge in [-0.1, -0.05) is 6.92 Å². The maximum absolute atomic E-state index is 9.14. The minimum absolute atomic E-state index is 0.301. The lowest BCUT2D eigenvalue weighted by atomic mass is 10.3. The van der Waals surface area contributed by atoms with E-state index in [4.69, 9.17) is 5.11 Å². The van der Waals surface area contributed by atoms with Gasteiger partial charge >= 0.3 is 0 Å². The Kier molecular flexibility index (Phi) is 2.46. The van der Waals surface area contributed by atoms with Crippen molar-refractivity contribution in [3.63, 3.8) is 0 Å². The zero-order chi connectivity index (χ0) is 7.56. The Balaban J connectivity index is 2.78. The third-order valence-corrected chi connectivity index (χ3v) is 2.84. The smallest absolute Gasteiger partial charge is 0.0854 e. The van der Waals surface area contributed by atoms with Crippen LogP contribution in [0.2, 0.25) is 0 Å². The number of rotatable bonds is 2. The summed E-state index contributed by atoms with van der Waals surface area (Å²) < 4.78 is 0. The van der Waals surface area contributed by atoms with E-state index >= 15 is 0 Å². The molecule has 1 nitrogen and oxygen atoms in total. The van der Waals surface area contributed by atoms with E-state index in [-0.39, 0.29) is 6.10 Å². The molecule has 1 rings (SSSR count). The molecule has 0 saturated heterocycles. The van der Waals surface area contributed by atoms with Crippen LogP contribution in [0, 0.1) is 0 Å². The topological polar surface area (TPSA) is 20.2 Å². The number of aryl methyl sites for hydroxylation is 1. The van der Waals surface area contributed by atoms with E-state index in [2.05, 4.69) is 13.0 Å². The second kappa shape index (κ2) is 3.17. The highest BCUT2D eigenvalue weighted by Gasteiger charge is 2.02. The molecular formula is C8H12OS. The molecule has 1 aromatic rings. The first-order valence-electron chi connectivity index (χ1n) is 3.50. The fourth-order valence-corrected chi connectivity index (χ4v) is 1.70. The zero-order valence-electron chi connectivity index (χ0n) is 6.29. The predicted molar refractivity (Wildman–Crippen MR) is 44.3 cm³/mol. The first-order valence-corrected chi connectivity index (χ1v) is 4.32. The van der Waals surface area contributed by atoms with Gasteiger partial charge in [-0.25, -0.2) is 0 Å². The molecule has 0 fully saturated rings. The van der Waals surface area contributed by atoms with Crippen molar-refractivity contribution >= 4 is 11.3 Å². The Morgan fingerprint density at radius 2 is 2.30 bits per heavy atom. The molecule has 1 N–H and O–H groups in total. The minimum Gasteiger partial charge on any atom is -0.388 e. The second-order valence-electron chi connectivity index (χ2n) is 2.33. The number of aliphatic hydroxyl groups excluding tert-OH is 1. The maximum atomic E-state index is 9.14. The highest BCUT2D eigenvalue weighted by molar-refractivity contribution is 7.12. The van der Waals surface area contributed by atoms with Gasteiger partial charge in [-0.3, -0.25) is 0 Å². The van der Waals surface area contributed by atoms with Crippen LogP contribution in [0.25, 0.3) is 0 Å². The van der Waals surface area contributed by atoms with Gasteiger partial charge in [-0.2, -0.15) is 0 Å². The number of aliphatic hydroxyl groups is 1. The number of hydrogen-bond donors (Lipinski definition) is 1. The summed E-state index contributed by atoms with van der Waals surface area (Å²) in [6.07, 6.45) is 0.766. The second-order valence-corrected chi connectivity index (χ2v) is 3.53. The molecule has 0 radical (unpaired) electrons. The largest absolute Gasteiger partial charge is 0.388 e. The summed E-state index contributed by atoms with van der Waals surface area (Å²) in [5.41, 5.74) is 0. The third kappa shape index (κ3) is 1.58. The molecule has 0 aromatic carbocycles. The van der Waals surface area contributed by atoms with Gasteiger partial charge in [0.15, 0.2) is 0 Å². The van der Waals surface area contributed by atoms with Crippen molar-refractivity contribution in [2.24, 2.45) is 0 Å². The van der Waals surface area contributed by atoms with E-state index < -0.39 is 0 Å². The fourth-order valence-electron chi connectivity index (χ4n) is 0.809. The van der Waals surface area contributed by atoms with Crippen molar-refractivity contribution < 1.29 is 5.11 Å². The molecule has 0 aliphatic rings. The molecule has 1 atom stereocenters. The van der Waals surface area contributed by atoms with E-state index in [1.54, 1.807) is 18.3 Å². The number of hydrogen-bond acceptors (Lipinski definition) is 2. The Morgan fingerprint density at radius 3 is 2.60 bits per heavy atom. The highest BCUT2D eigenvalue weighted by Crippen LogP contribution is 2.22. The third-order valence-electron chi connectivity index (χ3n) is 1.44. The normalized spacial score (nSPS) is 13.5. The molecule has 0 spiro atoms. The first kappa shape index (κ1) is 7.76. The molecule has 0 saturated carbocycles. The van der Waals surface area contributed by atoms with Crippen molar-refractivity contribution in [3.05, 3.63) is 21.9 Å². The van der Waals surface area contributed by atoms with Crippen LogP contribution in [-0.2, 0) is 6.42 Å². The van der Waals surface area contributed by atoms with Crippen LogP contribution in [0.3, 0.4) is 0 Å². The molecule has 2 heteroatoms. The monoisotopic (exact) mass is 156 g/mol. The SMILES string of the molecule is CCc1ccc([C@H](C)O)s1. The molecule has 0 aliphatic heterocycles. The van der Waals surface area contributed by atoms with Gasteiger partial charge in [-0.05, 0) is 25.5 Å². The van der Waals surface area contributed by atoms with E-state index in [9.17, 15) is 0 Å². The van der Waals surface area contributed by atoms with Crippen molar-refractivity contribution in [3.8, 4) is 0 Å². The molecule has 1 heterocycles. The van der Waals surface area contributed by atoms with Crippen LogP contribution in [0.1, 0.15) is 29.7 Å². The van der Waals surface area contributed by atoms with Crippen molar-refractivity contribution in [1.29, 1.82) is 0 Å². The van der Waals surface area contributed by atoms with E-state index in [1.165, 1.54) is 4.88 Å². The van der Waals surface area contributed by atoms with E-state index in [0.29, 0.717) is 0 Å².